The lowest BCUT2D eigenvalue weighted by Gasteiger charge is -2.14. The van der Waals surface area contributed by atoms with Crippen molar-refractivity contribution in [3.05, 3.63) is 66.7 Å². The Balaban J connectivity index is 2.29. The van der Waals surface area contributed by atoms with Crippen molar-refractivity contribution in [1.29, 1.82) is 0 Å². The van der Waals surface area contributed by atoms with Crippen LogP contribution >= 0.6 is 0 Å². The van der Waals surface area contributed by atoms with Crippen molar-refractivity contribution in [2.45, 2.75) is 0 Å². The zero-order valence-electron chi connectivity index (χ0n) is 10.7. The van der Waals surface area contributed by atoms with E-state index >= 15 is 0 Å². The largest absolute Gasteiger partial charge is 0.707 e. The fourth-order valence-corrected chi connectivity index (χ4v) is 2.37. The third kappa shape index (κ3) is 2.39. The van der Waals surface area contributed by atoms with Gasteiger partial charge in [0, 0.05) is 5.56 Å². The number of benzene rings is 3. The Bertz CT molecular complexity index is 726. The second kappa shape index (κ2) is 5.37. The molecule has 0 saturated carbocycles. The van der Waals surface area contributed by atoms with Crippen LogP contribution in [0.25, 0.3) is 21.9 Å². The monoisotopic (exact) mass is 264 g/mol. The molecule has 0 spiro atoms. The van der Waals surface area contributed by atoms with Gasteiger partial charge in [0.2, 0.25) is 0 Å². The fraction of sp³-hybridized carbons (Fsp3) is 0. The molecule has 0 aromatic heterocycles. The first kappa shape index (κ1) is 12.7. The maximum Gasteiger partial charge on any atom is 0.707 e. The maximum absolute atomic E-state index is 9.08. The molecule has 0 aliphatic rings. The SMILES string of the molecule is OB(O)Oc1ccc2ccccc2c1-c1ccccc1. The second-order valence-corrected chi connectivity index (χ2v) is 4.47. The summed E-state index contributed by atoms with van der Waals surface area (Å²) in [7, 11) is -1.83. The van der Waals surface area contributed by atoms with Crippen LogP contribution < -0.4 is 4.65 Å². The molecule has 0 unspecified atom stereocenters. The molecule has 0 heterocycles. The van der Waals surface area contributed by atoms with Crippen molar-refractivity contribution in [3.63, 3.8) is 0 Å². The second-order valence-electron chi connectivity index (χ2n) is 4.47. The number of hydrogen-bond donors (Lipinski definition) is 2. The lowest BCUT2D eigenvalue weighted by atomic mass is 9.97. The quantitative estimate of drug-likeness (QED) is 0.715. The third-order valence-corrected chi connectivity index (χ3v) is 3.19. The van der Waals surface area contributed by atoms with E-state index in [1.807, 2.05) is 60.7 Å². The van der Waals surface area contributed by atoms with Gasteiger partial charge < -0.3 is 14.7 Å². The van der Waals surface area contributed by atoms with Gasteiger partial charge in [-0.3, -0.25) is 0 Å². The van der Waals surface area contributed by atoms with Crippen LogP contribution in [0.3, 0.4) is 0 Å². The molecule has 2 N–H and O–H groups in total. The van der Waals surface area contributed by atoms with Crippen LogP contribution in [-0.4, -0.2) is 17.4 Å². The van der Waals surface area contributed by atoms with Gasteiger partial charge in [0.05, 0.1) is 0 Å². The molecule has 0 fully saturated rings. The van der Waals surface area contributed by atoms with Crippen molar-refractivity contribution in [2.24, 2.45) is 0 Å². The summed E-state index contributed by atoms with van der Waals surface area (Å²) in [6.45, 7) is 0. The van der Waals surface area contributed by atoms with Crippen LogP contribution in [-0.2, 0) is 0 Å². The molecule has 3 aromatic carbocycles. The highest BCUT2D eigenvalue weighted by Gasteiger charge is 2.17. The Labute approximate surface area is 117 Å². The molecule has 98 valence electrons. The van der Waals surface area contributed by atoms with E-state index in [4.69, 9.17) is 14.7 Å². The molecule has 0 bridgehead atoms. The van der Waals surface area contributed by atoms with Gasteiger partial charge in [-0.25, -0.2) is 0 Å². The first-order chi connectivity index (χ1) is 9.75. The van der Waals surface area contributed by atoms with E-state index in [0.717, 1.165) is 21.9 Å². The summed E-state index contributed by atoms with van der Waals surface area (Å²) in [6.07, 6.45) is 0. The van der Waals surface area contributed by atoms with E-state index in [9.17, 15) is 0 Å². The molecule has 4 heteroatoms. The maximum atomic E-state index is 9.08. The highest BCUT2D eigenvalue weighted by atomic mass is 16.6. The van der Waals surface area contributed by atoms with Gasteiger partial charge in [-0.05, 0) is 22.4 Å². The predicted octanol–water partition coefficient (Wildman–Crippen LogP) is 2.86. The summed E-state index contributed by atoms with van der Waals surface area (Å²) in [5.74, 6) is 0.449. The topological polar surface area (TPSA) is 49.7 Å². The number of rotatable bonds is 3. The molecule has 0 atom stereocenters. The molecular formula is C16H13BO3. The molecule has 3 aromatic rings. The van der Waals surface area contributed by atoms with Crippen molar-refractivity contribution in [1.82, 2.24) is 0 Å². The first-order valence-electron chi connectivity index (χ1n) is 6.35. The van der Waals surface area contributed by atoms with Crippen LogP contribution in [0.5, 0.6) is 5.75 Å². The zero-order chi connectivity index (χ0) is 13.9. The lowest BCUT2D eigenvalue weighted by Crippen LogP contribution is -2.21. The summed E-state index contributed by atoms with van der Waals surface area (Å²) < 4.78 is 5.12. The summed E-state index contributed by atoms with van der Waals surface area (Å²) in [6, 6.07) is 21.4. The Morgan fingerprint density at radius 2 is 1.45 bits per heavy atom. The van der Waals surface area contributed by atoms with Crippen LogP contribution in [0, 0.1) is 0 Å². The van der Waals surface area contributed by atoms with E-state index < -0.39 is 7.32 Å². The Kier molecular flexibility index (Phi) is 3.42. The molecule has 0 saturated heterocycles. The molecule has 20 heavy (non-hydrogen) atoms. The third-order valence-electron chi connectivity index (χ3n) is 3.19. The predicted molar refractivity (Wildman–Crippen MR) is 80.2 cm³/mol. The van der Waals surface area contributed by atoms with E-state index in [0.29, 0.717) is 5.75 Å². The minimum Gasteiger partial charge on any atom is -0.511 e. The molecule has 3 rings (SSSR count). The molecule has 0 aliphatic heterocycles. The van der Waals surface area contributed by atoms with Crippen molar-refractivity contribution in [3.8, 4) is 16.9 Å². The van der Waals surface area contributed by atoms with Crippen LogP contribution in [0.2, 0.25) is 0 Å². The van der Waals surface area contributed by atoms with Gasteiger partial charge in [0.15, 0.2) is 0 Å². The minimum absolute atomic E-state index is 0.449. The van der Waals surface area contributed by atoms with Crippen LogP contribution in [0.4, 0.5) is 0 Å². The smallest absolute Gasteiger partial charge is 0.511 e. The van der Waals surface area contributed by atoms with E-state index in [2.05, 4.69) is 0 Å². The number of fused-ring (bicyclic) bond motifs is 1. The standard InChI is InChI=1S/C16H13BO3/c18-17(19)20-15-11-10-12-6-4-5-9-14(12)16(15)13-7-2-1-3-8-13/h1-11,18-19H. The highest BCUT2D eigenvalue weighted by molar-refractivity contribution is 6.34. The molecule has 3 nitrogen and oxygen atoms in total. The Hall–Kier alpha value is -2.30. The van der Waals surface area contributed by atoms with Gasteiger partial charge in [-0.15, -0.1) is 0 Å². The summed E-state index contributed by atoms with van der Waals surface area (Å²) in [4.78, 5) is 0. The average molecular weight is 264 g/mol. The fourth-order valence-electron chi connectivity index (χ4n) is 2.37. The van der Waals surface area contributed by atoms with Crippen molar-refractivity contribution < 1.29 is 14.7 Å². The Morgan fingerprint density at radius 3 is 2.20 bits per heavy atom. The van der Waals surface area contributed by atoms with Gasteiger partial charge in [-0.1, -0.05) is 60.7 Å². The normalized spacial score (nSPS) is 10.5. The van der Waals surface area contributed by atoms with Crippen molar-refractivity contribution in [2.75, 3.05) is 0 Å². The van der Waals surface area contributed by atoms with Gasteiger partial charge in [-0.2, -0.15) is 0 Å². The van der Waals surface area contributed by atoms with E-state index in [-0.39, 0.29) is 0 Å². The average Bonchev–Trinajstić information content (AvgIpc) is 2.47. The molecule has 0 radical (unpaired) electrons. The Morgan fingerprint density at radius 1 is 0.750 bits per heavy atom. The van der Waals surface area contributed by atoms with Gasteiger partial charge >= 0.3 is 7.32 Å². The highest BCUT2D eigenvalue weighted by Crippen LogP contribution is 2.37. The summed E-state index contributed by atoms with van der Waals surface area (Å²) in [5.41, 5.74) is 1.83. The van der Waals surface area contributed by atoms with Gasteiger partial charge in [0.1, 0.15) is 5.75 Å². The number of hydrogen-bond acceptors (Lipinski definition) is 3. The molecular weight excluding hydrogens is 251 g/mol. The summed E-state index contributed by atoms with van der Waals surface area (Å²) >= 11 is 0. The van der Waals surface area contributed by atoms with E-state index in [1.54, 1.807) is 6.07 Å². The zero-order valence-corrected chi connectivity index (χ0v) is 10.7. The molecule has 0 amide bonds. The lowest BCUT2D eigenvalue weighted by molar-refractivity contribution is 0.289. The van der Waals surface area contributed by atoms with Crippen molar-refractivity contribution >= 4 is 18.1 Å². The molecule has 0 aliphatic carbocycles. The summed E-state index contributed by atoms with van der Waals surface area (Å²) in [5, 5.41) is 20.3. The van der Waals surface area contributed by atoms with Gasteiger partial charge in [0.25, 0.3) is 0 Å². The van der Waals surface area contributed by atoms with Crippen LogP contribution in [0.15, 0.2) is 66.7 Å². The first-order valence-corrected chi connectivity index (χ1v) is 6.35. The van der Waals surface area contributed by atoms with Crippen LogP contribution in [0.1, 0.15) is 0 Å². The van der Waals surface area contributed by atoms with E-state index in [1.165, 1.54) is 0 Å². The minimum atomic E-state index is -1.83.